The first-order chi connectivity index (χ1) is 15.1. The van der Waals surface area contributed by atoms with Crippen molar-refractivity contribution in [1.82, 2.24) is 9.99 Å². The van der Waals surface area contributed by atoms with E-state index in [2.05, 4.69) is 5.10 Å². The highest BCUT2D eigenvalue weighted by Crippen LogP contribution is 2.33. The predicted molar refractivity (Wildman–Crippen MR) is 116 cm³/mol. The number of carbonyl (C=O) groups is 1. The van der Waals surface area contributed by atoms with Crippen LogP contribution in [-0.2, 0) is 9.53 Å². The maximum atomic E-state index is 13.8. The maximum absolute atomic E-state index is 13.8. The summed E-state index contributed by atoms with van der Waals surface area (Å²) >= 11 is 0. The fraction of sp³-hybridized carbons (Fsp3) is 0.0800. The third-order valence-corrected chi connectivity index (χ3v) is 5.12. The Kier molecular flexibility index (Phi) is 4.67. The van der Waals surface area contributed by atoms with Gasteiger partial charge in [-0.05, 0) is 24.3 Å². The Morgan fingerprint density at radius 2 is 1.74 bits per heavy atom. The van der Waals surface area contributed by atoms with Crippen molar-refractivity contribution in [2.75, 3.05) is 0 Å². The van der Waals surface area contributed by atoms with Crippen LogP contribution in [0.5, 0.6) is 0 Å². The molecule has 152 valence electrons. The van der Waals surface area contributed by atoms with E-state index < -0.39 is 12.0 Å². The van der Waals surface area contributed by atoms with Crippen LogP contribution in [0.15, 0.2) is 90.0 Å². The first-order valence-electron chi connectivity index (χ1n) is 9.86. The molecule has 0 saturated carbocycles. The quantitative estimate of drug-likeness (QED) is 0.461. The number of carbonyl (C=O) groups excluding carboxylic acids is 1. The van der Waals surface area contributed by atoms with Gasteiger partial charge in [-0.3, -0.25) is 4.79 Å². The number of para-hydroxylation sites is 1. The lowest BCUT2D eigenvalue weighted by Crippen LogP contribution is -2.25. The average Bonchev–Trinajstić information content (AvgIpc) is 3.25. The van der Waals surface area contributed by atoms with Gasteiger partial charge in [0.1, 0.15) is 5.82 Å². The highest BCUT2D eigenvalue weighted by atomic mass is 19.1. The second kappa shape index (κ2) is 7.65. The molecule has 0 aliphatic carbocycles. The Bertz CT molecular complexity index is 1320. The minimum Gasteiger partial charge on any atom is -0.446 e. The van der Waals surface area contributed by atoms with Crippen molar-refractivity contribution in [3.05, 3.63) is 102 Å². The Balaban J connectivity index is 1.65. The number of hydrogen-bond acceptors (Lipinski definition) is 4. The minimum absolute atomic E-state index is 0.292. The summed E-state index contributed by atoms with van der Waals surface area (Å²) < 4.78 is 19.9. The monoisotopic (exact) mass is 411 g/mol. The second-order valence-electron chi connectivity index (χ2n) is 7.23. The molecule has 0 N–H and O–H groups in total. The fourth-order valence-electron chi connectivity index (χ4n) is 3.66. The van der Waals surface area contributed by atoms with Gasteiger partial charge >= 0.3 is 0 Å². The summed E-state index contributed by atoms with van der Waals surface area (Å²) in [6, 6.07) is 25.4. The summed E-state index contributed by atoms with van der Waals surface area (Å²) in [5.74, 6) is -0.412. The molecule has 1 atom stereocenters. The van der Waals surface area contributed by atoms with Crippen molar-refractivity contribution in [2.45, 2.75) is 13.2 Å². The lowest BCUT2D eigenvalue weighted by molar-refractivity contribution is -0.135. The standard InChI is InChI=1S/C25H18FN3O2/c1-16(30)29-25(18-10-7-11-19(26)14-18)31-24(28-29)21-15-23(17-8-3-2-4-9-17)27-22-13-6-5-12-20(21)22/h2-15,25H,1H3. The number of rotatable bonds is 3. The van der Waals surface area contributed by atoms with Gasteiger partial charge in [-0.1, -0.05) is 60.7 Å². The maximum Gasteiger partial charge on any atom is 0.243 e. The van der Waals surface area contributed by atoms with Gasteiger partial charge < -0.3 is 4.74 Å². The highest BCUT2D eigenvalue weighted by Gasteiger charge is 2.34. The van der Waals surface area contributed by atoms with Gasteiger partial charge in [0.2, 0.25) is 18.0 Å². The Labute approximate surface area is 178 Å². The first kappa shape index (κ1) is 18.9. The molecular formula is C25H18FN3O2. The number of benzene rings is 3. The zero-order valence-corrected chi connectivity index (χ0v) is 16.7. The predicted octanol–water partition coefficient (Wildman–Crippen LogP) is 5.28. The van der Waals surface area contributed by atoms with Crippen molar-refractivity contribution >= 4 is 22.7 Å². The molecule has 1 aliphatic rings. The van der Waals surface area contributed by atoms with Crippen molar-refractivity contribution in [3.63, 3.8) is 0 Å². The van der Waals surface area contributed by atoms with Crippen molar-refractivity contribution in [3.8, 4) is 11.3 Å². The molecule has 0 radical (unpaired) electrons. The summed E-state index contributed by atoms with van der Waals surface area (Å²) in [6.07, 6.45) is -0.838. The van der Waals surface area contributed by atoms with E-state index >= 15 is 0 Å². The lowest BCUT2D eigenvalue weighted by Gasteiger charge is -2.19. The molecule has 1 amide bonds. The van der Waals surface area contributed by atoms with Gasteiger partial charge in [0.25, 0.3) is 0 Å². The molecule has 5 nitrogen and oxygen atoms in total. The number of hydrogen-bond donors (Lipinski definition) is 0. The van der Waals surface area contributed by atoms with Crippen LogP contribution in [0.3, 0.4) is 0 Å². The van der Waals surface area contributed by atoms with Gasteiger partial charge in [-0.15, -0.1) is 5.10 Å². The van der Waals surface area contributed by atoms with Gasteiger partial charge in [0.15, 0.2) is 0 Å². The summed E-state index contributed by atoms with van der Waals surface area (Å²) in [4.78, 5) is 17.1. The van der Waals surface area contributed by atoms with Crippen LogP contribution >= 0.6 is 0 Å². The van der Waals surface area contributed by atoms with Crippen molar-refractivity contribution in [2.24, 2.45) is 5.10 Å². The third kappa shape index (κ3) is 3.53. The van der Waals surface area contributed by atoms with Gasteiger partial charge in [0, 0.05) is 29.0 Å². The smallest absolute Gasteiger partial charge is 0.243 e. The molecule has 31 heavy (non-hydrogen) atoms. The zero-order valence-electron chi connectivity index (χ0n) is 16.7. The van der Waals surface area contributed by atoms with Crippen molar-refractivity contribution in [1.29, 1.82) is 0 Å². The summed E-state index contributed by atoms with van der Waals surface area (Å²) in [7, 11) is 0. The molecule has 3 aromatic carbocycles. The molecule has 0 spiro atoms. The van der Waals surface area contributed by atoms with E-state index in [1.165, 1.54) is 24.1 Å². The summed E-state index contributed by atoms with van der Waals surface area (Å²) in [6.45, 7) is 1.40. The Hall–Kier alpha value is -4.06. The van der Waals surface area contributed by atoms with Crippen LogP contribution in [0.25, 0.3) is 22.2 Å². The number of aromatic nitrogens is 1. The molecule has 4 aromatic rings. The summed E-state index contributed by atoms with van der Waals surface area (Å²) in [5.41, 5.74) is 3.74. The second-order valence-corrected chi connectivity index (χ2v) is 7.23. The molecule has 1 aliphatic heterocycles. The molecular weight excluding hydrogens is 393 g/mol. The van der Waals surface area contributed by atoms with E-state index in [0.717, 1.165) is 27.7 Å². The Morgan fingerprint density at radius 1 is 0.968 bits per heavy atom. The molecule has 2 heterocycles. The number of halogens is 1. The van der Waals surface area contributed by atoms with Gasteiger partial charge in [-0.2, -0.15) is 5.01 Å². The van der Waals surface area contributed by atoms with Gasteiger partial charge in [0.05, 0.1) is 11.2 Å². The molecule has 5 rings (SSSR count). The van der Waals surface area contributed by atoms with Crippen LogP contribution in [0.2, 0.25) is 0 Å². The number of amides is 1. The van der Waals surface area contributed by atoms with E-state index in [1.807, 2.05) is 60.7 Å². The third-order valence-electron chi connectivity index (χ3n) is 5.12. The fourth-order valence-corrected chi connectivity index (χ4v) is 3.66. The zero-order chi connectivity index (χ0) is 21.4. The molecule has 1 aromatic heterocycles. The number of fused-ring (bicyclic) bond motifs is 1. The summed E-state index contributed by atoms with van der Waals surface area (Å²) in [5, 5.41) is 6.55. The highest BCUT2D eigenvalue weighted by molar-refractivity contribution is 6.08. The van der Waals surface area contributed by atoms with E-state index in [4.69, 9.17) is 9.72 Å². The van der Waals surface area contributed by atoms with Crippen LogP contribution in [0, 0.1) is 5.82 Å². The average molecular weight is 411 g/mol. The van der Waals surface area contributed by atoms with Gasteiger partial charge in [-0.25, -0.2) is 9.37 Å². The van der Waals surface area contributed by atoms with E-state index in [9.17, 15) is 9.18 Å². The van der Waals surface area contributed by atoms with E-state index in [-0.39, 0.29) is 5.91 Å². The van der Waals surface area contributed by atoms with E-state index in [1.54, 1.807) is 12.1 Å². The number of nitrogens with zero attached hydrogens (tertiary/aromatic N) is 3. The molecule has 0 saturated heterocycles. The molecule has 0 bridgehead atoms. The number of pyridine rings is 1. The molecule has 1 unspecified atom stereocenters. The topological polar surface area (TPSA) is 54.8 Å². The Morgan fingerprint density at radius 3 is 2.52 bits per heavy atom. The lowest BCUT2D eigenvalue weighted by atomic mass is 10.0. The number of ether oxygens (including phenoxy) is 1. The molecule has 6 heteroatoms. The van der Waals surface area contributed by atoms with Crippen LogP contribution in [0.1, 0.15) is 24.3 Å². The van der Waals surface area contributed by atoms with Crippen LogP contribution < -0.4 is 0 Å². The minimum atomic E-state index is -0.838. The largest absolute Gasteiger partial charge is 0.446 e. The SMILES string of the molecule is CC(=O)N1N=C(c2cc(-c3ccccc3)nc3ccccc23)OC1c1cccc(F)c1. The van der Waals surface area contributed by atoms with Crippen molar-refractivity contribution < 1.29 is 13.9 Å². The first-order valence-corrected chi connectivity index (χ1v) is 9.86. The number of hydrazone groups is 1. The normalized spacial score (nSPS) is 15.6. The van der Waals surface area contributed by atoms with Crippen LogP contribution in [-0.4, -0.2) is 21.8 Å². The molecule has 0 fully saturated rings. The van der Waals surface area contributed by atoms with E-state index in [0.29, 0.717) is 11.5 Å². The van der Waals surface area contributed by atoms with Crippen LogP contribution in [0.4, 0.5) is 4.39 Å².